The lowest BCUT2D eigenvalue weighted by molar-refractivity contribution is -0.142. The zero-order valence-electron chi connectivity index (χ0n) is 42.6. The molecule has 8 amide bonds. The molecule has 0 saturated heterocycles. The number of nitrogens with two attached hydrogens (primary N) is 6. The van der Waals surface area contributed by atoms with Gasteiger partial charge in [0.2, 0.25) is 47.3 Å². The number of nitrogens with zero attached hydrogens (tertiary/aromatic N) is 1. The summed E-state index contributed by atoms with van der Waals surface area (Å²) in [5, 5.41) is 47.6. The van der Waals surface area contributed by atoms with Crippen molar-refractivity contribution in [2.75, 3.05) is 26.2 Å². The highest BCUT2D eigenvalue weighted by molar-refractivity contribution is 5.98. The number of unbranched alkanes of at least 4 members (excludes halogenated alkanes) is 2. The number of phenolic OH excluding ortho intramolecular Hbond substituents is 1. The van der Waals surface area contributed by atoms with Gasteiger partial charge in [0.25, 0.3) is 0 Å². The summed E-state index contributed by atoms with van der Waals surface area (Å²) in [6, 6.07) is 2.76. The van der Waals surface area contributed by atoms with Gasteiger partial charge in [0, 0.05) is 19.4 Å². The Labute approximate surface area is 436 Å². The number of aliphatic hydroxyl groups is 1. The van der Waals surface area contributed by atoms with E-state index in [0.29, 0.717) is 36.8 Å². The van der Waals surface area contributed by atoms with Gasteiger partial charge in [-0.15, -0.1) is 0 Å². The zero-order valence-corrected chi connectivity index (χ0v) is 42.6. The van der Waals surface area contributed by atoms with Crippen molar-refractivity contribution in [2.24, 2.45) is 45.3 Å². The highest BCUT2D eigenvalue weighted by atomic mass is 16.4. The molecule has 0 aromatic heterocycles. The normalized spacial score (nSPS) is 14.2. The van der Waals surface area contributed by atoms with E-state index in [9.17, 15) is 58.5 Å². The predicted molar refractivity (Wildman–Crippen MR) is 277 cm³/mol. The number of amides is 8. The molecule has 2 rings (SSSR count). The first kappa shape index (κ1) is 63.7. The monoisotopic (exact) mass is 1050 g/mol. The minimum Gasteiger partial charge on any atom is -0.508 e. The third kappa shape index (κ3) is 24.9. The van der Waals surface area contributed by atoms with E-state index in [1.165, 1.54) is 24.3 Å². The van der Waals surface area contributed by atoms with Crippen LogP contribution in [0.15, 0.2) is 59.6 Å². The molecular weight excluding hydrogens is 977 g/mol. The van der Waals surface area contributed by atoms with Gasteiger partial charge >= 0.3 is 5.97 Å². The molecule has 0 aliphatic heterocycles. The Balaban J connectivity index is 2.42. The lowest BCUT2D eigenvalue weighted by Gasteiger charge is -2.28. The van der Waals surface area contributed by atoms with E-state index in [2.05, 4.69) is 42.2 Å². The first-order valence-electron chi connectivity index (χ1n) is 24.9. The van der Waals surface area contributed by atoms with Crippen LogP contribution in [0.4, 0.5) is 0 Å². The number of carboxylic acid groups (broad SMARTS) is 1. The third-order valence-electron chi connectivity index (χ3n) is 11.6. The first-order valence-corrected chi connectivity index (χ1v) is 24.9. The van der Waals surface area contributed by atoms with Crippen molar-refractivity contribution in [3.63, 3.8) is 0 Å². The summed E-state index contributed by atoms with van der Waals surface area (Å²) in [5.41, 5.74) is 34.7. The summed E-state index contributed by atoms with van der Waals surface area (Å²) in [7, 11) is 0. The number of aromatic hydroxyl groups is 1. The highest BCUT2D eigenvalue weighted by Gasteiger charge is 2.35. The SMILES string of the molecule is CC(C)C[C@H](NC(=O)[C@H](Cc1ccc(O)cc1)NC(=O)[C@H](CCCCN)NC(=O)[C@H](CC(N)=O)NC(=O)[C@H](CCCCN)NC(=O)[C@@H](N)CCCN=C(N)N)C(=O)N[C@@H](CO)C(=O)N[C@@H](Cc1ccccc1)C(=O)O. The molecule has 416 valence electrons. The Morgan fingerprint density at radius 1 is 0.533 bits per heavy atom. The van der Waals surface area contributed by atoms with Crippen LogP contribution in [0.1, 0.15) is 89.2 Å². The van der Waals surface area contributed by atoms with E-state index in [0.717, 1.165) is 0 Å². The lowest BCUT2D eigenvalue weighted by Crippen LogP contribution is -2.61. The van der Waals surface area contributed by atoms with Crippen molar-refractivity contribution < 1.29 is 58.5 Å². The minimum atomic E-state index is -1.67. The maximum atomic E-state index is 14.3. The molecule has 26 heteroatoms. The van der Waals surface area contributed by atoms with Gasteiger partial charge < -0.3 is 86.9 Å². The molecule has 0 saturated carbocycles. The summed E-state index contributed by atoms with van der Waals surface area (Å²) in [6.45, 7) is 3.23. The second-order valence-corrected chi connectivity index (χ2v) is 18.4. The molecule has 0 unspecified atom stereocenters. The van der Waals surface area contributed by atoms with E-state index in [1.54, 1.807) is 44.2 Å². The molecule has 8 atom stereocenters. The van der Waals surface area contributed by atoms with Crippen molar-refractivity contribution in [2.45, 2.75) is 139 Å². The summed E-state index contributed by atoms with van der Waals surface area (Å²) in [5.74, 6) is -9.19. The Morgan fingerprint density at radius 3 is 1.49 bits per heavy atom. The minimum absolute atomic E-state index is 0.0151. The topological polar surface area (TPSA) is 467 Å². The van der Waals surface area contributed by atoms with Gasteiger partial charge in [0.05, 0.1) is 19.1 Å². The Kier molecular flexibility index (Phi) is 29.0. The second kappa shape index (κ2) is 34.1. The number of aliphatic carboxylic acids is 1. The Hall–Kier alpha value is -7.42. The number of primary amides is 1. The molecule has 0 aliphatic carbocycles. The van der Waals surface area contributed by atoms with Gasteiger partial charge in [0.15, 0.2) is 5.96 Å². The first-order chi connectivity index (χ1) is 35.6. The van der Waals surface area contributed by atoms with E-state index >= 15 is 0 Å². The fourth-order valence-corrected chi connectivity index (χ4v) is 7.52. The number of phenols is 1. The van der Waals surface area contributed by atoms with Gasteiger partial charge in [-0.25, -0.2) is 4.79 Å². The Morgan fingerprint density at radius 2 is 0.973 bits per heavy atom. The van der Waals surface area contributed by atoms with Crippen LogP contribution in [0, 0.1) is 5.92 Å². The van der Waals surface area contributed by atoms with E-state index in [-0.39, 0.29) is 82.2 Å². The van der Waals surface area contributed by atoms with E-state index in [4.69, 9.17) is 34.4 Å². The molecular formula is C49H78N14O12. The van der Waals surface area contributed by atoms with Crippen LogP contribution in [-0.4, -0.2) is 149 Å². The van der Waals surface area contributed by atoms with Gasteiger partial charge in [-0.3, -0.25) is 43.3 Å². The Bertz CT molecular complexity index is 2200. The van der Waals surface area contributed by atoms with Crippen LogP contribution in [0.2, 0.25) is 0 Å². The van der Waals surface area contributed by atoms with Gasteiger partial charge in [-0.1, -0.05) is 56.3 Å². The maximum Gasteiger partial charge on any atom is 0.326 e. The van der Waals surface area contributed by atoms with E-state index in [1.807, 2.05) is 0 Å². The smallest absolute Gasteiger partial charge is 0.326 e. The standard InChI is InChI=1S/C49H78N14O12/c1-28(2)23-35(44(70)63-39(27-64)47(73)62-38(48(74)75)25-29-11-4-3-5-12-29)59-45(71)36(24-30-16-18-31(65)19-17-30)60-43(69)34(15-7-9-21-51)58-46(72)37(26-40(53)66)61-42(68)33(14-6-8-20-50)57-41(67)32(52)13-10-22-56-49(54)55/h3-5,11-12,16-19,28,32-39,64-65H,6-10,13-15,20-27,50-52H2,1-2H3,(H2,53,66)(H,57,67)(H,58,72)(H,59,71)(H,60,69)(H,61,68)(H,62,73)(H,63,70)(H,74,75)(H4,54,55,56)/t32-,33-,34-,35-,36-,37-,38-,39-/m0/s1. The predicted octanol–water partition coefficient (Wildman–Crippen LogP) is -3.79. The van der Waals surface area contributed by atoms with Crippen molar-refractivity contribution in [1.29, 1.82) is 0 Å². The second-order valence-electron chi connectivity index (χ2n) is 18.4. The lowest BCUT2D eigenvalue weighted by atomic mass is 10.00. The summed E-state index contributed by atoms with van der Waals surface area (Å²) in [6.07, 6.45) is 0.935. The van der Waals surface area contributed by atoms with Crippen molar-refractivity contribution in [3.8, 4) is 5.75 Å². The number of hydrogen-bond donors (Lipinski definition) is 16. The fraction of sp³-hybridized carbons (Fsp3) is 0.551. The molecule has 0 heterocycles. The van der Waals surface area contributed by atoms with Crippen LogP contribution in [0.5, 0.6) is 5.75 Å². The van der Waals surface area contributed by atoms with Crippen molar-refractivity contribution >= 4 is 59.2 Å². The highest BCUT2D eigenvalue weighted by Crippen LogP contribution is 2.14. The molecule has 0 radical (unpaired) electrons. The third-order valence-corrected chi connectivity index (χ3v) is 11.6. The molecule has 0 aliphatic rings. The van der Waals surface area contributed by atoms with Crippen molar-refractivity contribution in [1.82, 2.24) is 37.2 Å². The quantitative estimate of drug-likeness (QED) is 0.0177. The molecule has 0 bridgehead atoms. The maximum absolute atomic E-state index is 14.3. The van der Waals surface area contributed by atoms with E-state index < -0.39 is 115 Å². The van der Waals surface area contributed by atoms with Gasteiger partial charge in [-0.2, -0.15) is 0 Å². The molecule has 2 aromatic carbocycles. The number of guanidine groups is 1. The number of benzene rings is 2. The number of aliphatic hydroxyl groups excluding tert-OH is 1. The van der Waals surface area contributed by atoms with Gasteiger partial charge in [-0.05, 0) is 100 Å². The van der Waals surface area contributed by atoms with Crippen LogP contribution in [-0.2, 0) is 56.0 Å². The molecule has 22 N–H and O–H groups in total. The summed E-state index contributed by atoms with van der Waals surface area (Å²) in [4.78, 5) is 125. The number of aliphatic imine (C=N–C) groups is 1. The molecule has 0 spiro atoms. The fourth-order valence-electron chi connectivity index (χ4n) is 7.52. The average molecular weight is 1060 g/mol. The largest absolute Gasteiger partial charge is 0.508 e. The number of rotatable bonds is 36. The summed E-state index contributed by atoms with van der Waals surface area (Å²) >= 11 is 0. The van der Waals surface area contributed by atoms with Crippen LogP contribution >= 0.6 is 0 Å². The average Bonchev–Trinajstić information content (AvgIpc) is 3.35. The molecule has 0 fully saturated rings. The summed E-state index contributed by atoms with van der Waals surface area (Å²) < 4.78 is 0. The van der Waals surface area contributed by atoms with Crippen molar-refractivity contribution in [3.05, 3.63) is 65.7 Å². The van der Waals surface area contributed by atoms with Crippen LogP contribution in [0.3, 0.4) is 0 Å². The zero-order chi connectivity index (χ0) is 56.0. The van der Waals surface area contributed by atoms with Crippen LogP contribution in [0.25, 0.3) is 0 Å². The molecule has 26 nitrogen and oxygen atoms in total. The number of nitrogens with one attached hydrogen (secondary N) is 7. The molecule has 2 aromatic rings. The molecule has 75 heavy (non-hydrogen) atoms. The van der Waals surface area contributed by atoms with Gasteiger partial charge in [0.1, 0.15) is 48.0 Å². The number of carbonyl (C=O) groups is 9. The number of carboxylic acids is 1. The van der Waals surface area contributed by atoms with Crippen LogP contribution < -0.4 is 71.6 Å². The number of carbonyl (C=O) groups excluding carboxylic acids is 8. The number of hydrogen-bond acceptors (Lipinski definition) is 15.